The molecule has 0 radical (unpaired) electrons. The van der Waals surface area contributed by atoms with E-state index in [1.54, 1.807) is 10.9 Å². The van der Waals surface area contributed by atoms with E-state index in [1.165, 1.54) is 12.1 Å². The second kappa shape index (κ2) is 9.16. The Morgan fingerprint density at radius 2 is 1.82 bits per heavy atom. The number of para-hydroxylation sites is 1. The third kappa shape index (κ3) is 4.24. The molecule has 5 rings (SSSR count). The molecule has 34 heavy (non-hydrogen) atoms. The van der Waals surface area contributed by atoms with E-state index in [2.05, 4.69) is 5.10 Å². The van der Waals surface area contributed by atoms with Crippen LogP contribution in [0.4, 0.5) is 5.69 Å². The van der Waals surface area contributed by atoms with Crippen LogP contribution in [0.25, 0.3) is 16.9 Å². The lowest BCUT2D eigenvalue weighted by Gasteiger charge is -2.20. The Hall–Kier alpha value is -4.50. The molecule has 0 aliphatic carbocycles. The highest BCUT2D eigenvalue weighted by Gasteiger charge is 2.24. The molecule has 0 amide bonds. The Kier molecular flexibility index (Phi) is 5.75. The van der Waals surface area contributed by atoms with Crippen molar-refractivity contribution in [2.75, 3.05) is 6.79 Å². The van der Waals surface area contributed by atoms with Crippen molar-refractivity contribution in [2.45, 2.75) is 13.2 Å². The molecule has 1 aromatic heterocycles. The predicted octanol–water partition coefficient (Wildman–Crippen LogP) is 4.67. The molecule has 9 heteroatoms. The molecule has 170 valence electrons. The van der Waals surface area contributed by atoms with Gasteiger partial charge in [0.2, 0.25) is 0 Å². The second-order valence-electron chi connectivity index (χ2n) is 7.57. The van der Waals surface area contributed by atoms with E-state index < -0.39 is 10.9 Å². The highest BCUT2D eigenvalue weighted by molar-refractivity contribution is 5.96. The minimum atomic E-state index is -0.603. The lowest BCUT2D eigenvalue weighted by molar-refractivity contribution is -0.385. The quantitative estimate of drug-likeness (QED) is 0.235. The maximum Gasteiger partial charge on any atom is 0.342 e. The number of benzene rings is 3. The molecule has 0 atom stereocenters. The molecule has 0 saturated carbocycles. The zero-order valence-corrected chi connectivity index (χ0v) is 17.9. The first-order chi connectivity index (χ1) is 16.6. The van der Waals surface area contributed by atoms with E-state index in [1.807, 2.05) is 60.7 Å². The molecular formula is C25H19N3O6. The Balaban J connectivity index is 1.47. The monoisotopic (exact) mass is 457 g/mol. The summed E-state index contributed by atoms with van der Waals surface area (Å²) in [6.07, 6.45) is 1.62. The van der Waals surface area contributed by atoms with E-state index in [0.717, 1.165) is 11.3 Å². The van der Waals surface area contributed by atoms with Gasteiger partial charge in [-0.1, -0.05) is 48.5 Å². The molecule has 0 N–H and O–H groups in total. The molecule has 0 bridgehead atoms. The molecule has 4 aromatic rings. The first kappa shape index (κ1) is 21.4. The summed E-state index contributed by atoms with van der Waals surface area (Å²) in [4.78, 5) is 24.0. The number of aromatic nitrogens is 2. The van der Waals surface area contributed by atoms with Crippen molar-refractivity contribution in [3.05, 3.63) is 106 Å². The van der Waals surface area contributed by atoms with Crippen LogP contribution in [0.3, 0.4) is 0 Å². The fraction of sp³-hybridized carbons (Fsp3) is 0.120. The summed E-state index contributed by atoms with van der Waals surface area (Å²) >= 11 is 0. The Morgan fingerprint density at radius 3 is 2.56 bits per heavy atom. The molecule has 1 aliphatic rings. The molecule has 0 fully saturated rings. The van der Waals surface area contributed by atoms with Crippen molar-refractivity contribution in [1.82, 2.24) is 9.78 Å². The van der Waals surface area contributed by atoms with Crippen LogP contribution in [-0.4, -0.2) is 27.5 Å². The summed E-state index contributed by atoms with van der Waals surface area (Å²) < 4.78 is 18.0. The third-order valence-electron chi connectivity index (χ3n) is 5.34. The summed E-state index contributed by atoms with van der Waals surface area (Å²) in [7, 11) is 0. The van der Waals surface area contributed by atoms with Crippen LogP contribution >= 0.6 is 0 Å². The maximum absolute atomic E-state index is 13.2. The van der Waals surface area contributed by atoms with E-state index in [-0.39, 0.29) is 31.3 Å². The summed E-state index contributed by atoms with van der Waals surface area (Å²) in [5.74, 6) is -0.165. The Labute approximate surface area is 194 Å². The summed E-state index contributed by atoms with van der Waals surface area (Å²) in [6, 6.07) is 21.5. The lowest BCUT2D eigenvalue weighted by Crippen LogP contribution is -2.15. The number of hydrogen-bond donors (Lipinski definition) is 0. The topological polar surface area (TPSA) is 106 Å². The maximum atomic E-state index is 13.2. The van der Waals surface area contributed by atoms with Crippen LogP contribution < -0.4 is 4.74 Å². The van der Waals surface area contributed by atoms with Gasteiger partial charge in [0.15, 0.2) is 6.79 Å². The van der Waals surface area contributed by atoms with Gasteiger partial charge in [-0.2, -0.15) is 5.10 Å². The van der Waals surface area contributed by atoms with Crippen LogP contribution in [0, 0.1) is 10.1 Å². The van der Waals surface area contributed by atoms with Gasteiger partial charge in [-0.05, 0) is 12.1 Å². The van der Waals surface area contributed by atoms with Crippen molar-refractivity contribution in [1.29, 1.82) is 0 Å². The van der Waals surface area contributed by atoms with Gasteiger partial charge in [-0.25, -0.2) is 9.48 Å². The van der Waals surface area contributed by atoms with Crippen molar-refractivity contribution >= 4 is 11.7 Å². The van der Waals surface area contributed by atoms with Gasteiger partial charge in [0.25, 0.3) is 5.69 Å². The number of nitrogens with zero attached hydrogens (tertiary/aromatic N) is 3. The predicted molar refractivity (Wildman–Crippen MR) is 121 cm³/mol. The number of carbonyl (C=O) groups excluding carboxylic acids is 1. The summed E-state index contributed by atoms with van der Waals surface area (Å²) in [5, 5.41) is 16.0. The molecule has 1 aliphatic heterocycles. The van der Waals surface area contributed by atoms with Crippen molar-refractivity contribution in [3.63, 3.8) is 0 Å². The van der Waals surface area contributed by atoms with Crippen molar-refractivity contribution in [3.8, 4) is 22.7 Å². The molecule has 3 aromatic carbocycles. The van der Waals surface area contributed by atoms with Gasteiger partial charge in [0.1, 0.15) is 23.6 Å². The summed E-state index contributed by atoms with van der Waals surface area (Å²) in [6.45, 7) is 0.00130. The number of ether oxygens (including phenoxy) is 3. The van der Waals surface area contributed by atoms with Crippen molar-refractivity contribution in [2.24, 2.45) is 0 Å². The van der Waals surface area contributed by atoms with Gasteiger partial charge < -0.3 is 14.2 Å². The normalized spacial score (nSPS) is 12.5. The molecule has 0 spiro atoms. The number of carbonyl (C=O) groups is 1. The van der Waals surface area contributed by atoms with Gasteiger partial charge in [-0.15, -0.1) is 0 Å². The highest BCUT2D eigenvalue weighted by Crippen LogP contribution is 2.33. The second-order valence-corrected chi connectivity index (χ2v) is 7.57. The SMILES string of the molecule is O=C(OCc1cc([N+](=O)[O-])cc2c1OCOC2)c1cn(-c2ccccc2)nc1-c1ccccc1. The smallest absolute Gasteiger partial charge is 0.342 e. The van der Waals surface area contributed by atoms with Crippen molar-refractivity contribution < 1.29 is 23.9 Å². The van der Waals surface area contributed by atoms with Gasteiger partial charge >= 0.3 is 5.97 Å². The number of fused-ring (bicyclic) bond motifs is 1. The lowest BCUT2D eigenvalue weighted by atomic mass is 10.1. The van der Waals surface area contributed by atoms with E-state index in [9.17, 15) is 14.9 Å². The first-order valence-electron chi connectivity index (χ1n) is 10.5. The average Bonchev–Trinajstić information content (AvgIpc) is 3.34. The highest BCUT2D eigenvalue weighted by atomic mass is 16.7. The Bertz CT molecular complexity index is 1350. The minimum absolute atomic E-state index is 0.0216. The van der Waals surface area contributed by atoms with Crippen LogP contribution in [0.15, 0.2) is 79.0 Å². The van der Waals surface area contributed by atoms with E-state index in [0.29, 0.717) is 22.6 Å². The average molecular weight is 457 g/mol. The molecule has 0 unspecified atom stereocenters. The minimum Gasteiger partial charge on any atom is -0.467 e. The fourth-order valence-electron chi connectivity index (χ4n) is 3.76. The summed E-state index contributed by atoms with van der Waals surface area (Å²) in [5.41, 5.74) is 3.11. The molecule has 0 saturated heterocycles. The van der Waals surface area contributed by atoms with E-state index in [4.69, 9.17) is 14.2 Å². The standard InChI is InChI=1S/C25H19N3O6/c29-25(33-15-19-12-21(28(30)31)11-18-14-32-16-34-24(18)19)22-13-27(20-9-5-2-6-10-20)26-23(22)17-7-3-1-4-8-17/h1-13H,14-16H2. The fourth-order valence-corrected chi connectivity index (χ4v) is 3.76. The third-order valence-corrected chi connectivity index (χ3v) is 5.34. The van der Waals surface area contributed by atoms with Gasteiger partial charge in [-0.3, -0.25) is 10.1 Å². The van der Waals surface area contributed by atoms with Gasteiger partial charge in [0, 0.05) is 35.0 Å². The Morgan fingerprint density at radius 1 is 1.09 bits per heavy atom. The number of esters is 1. The van der Waals surface area contributed by atoms with Gasteiger partial charge in [0.05, 0.1) is 17.2 Å². The zero-order valence-electron chi connectivity index (χ0n) is 17.9. The number of hydrogen-bond acceptors (Lipinski definition) is 7. The number of rotatable bonds is 6. The molecule has 2 heterocycles. The molecule has 9 nitrogen and oxygen atoms in total. The van der Waals surface area contributed by atoms with Crippen LogP contribution in [0.5, 0.6) is 5.75 Å². The number of nitro benzene ring substituents is 1. The largest absolute Gasteiger partial charge is 0.467 e. The van der Waals surface area contributed by atoms with Crippen LogP contribution in [-0.2, 0) is 22.7 Å². The molecular weight excluding hydrogens is 438 g/mol. The number of nitro groups is 1. The van der Waals surface area contributed by atoms with E-state index >= 15 is 0 Å². The number of non-ortho nitro benzene ring substituents is 1. The zero-order chi connectivity index (χ0) is 23.5. The first-order valence-corrected chi connectivity index (χ1v) is 10.5. The van der Waals surface area contributed by atoms with Crippen LogP contribution in [0.1, 0.15) is 21.5 Å². The van der Waals surface area contributed by atoms with Crippen LogP contribution in [0.2, 0.25) is 0 Å².